The lowest BCUT2D eigenvalue weighted by Crippen LogP contribution is -2.59. The van der Waals surface area contributed by atoms with Gasteiger partial charge in [-0.15, -0.1) is 0 Å². The summed E-state index contributed by atoms with van der Waals surface area (Å²) in [6, 6.07) is 4.68. The minimum absolute atomic E-state index is 0.00370. The first-order valence-corrected chi connectivity index (χ1v) is 8.94. The van der Waals surface area contributed by atoms with Gasteiger partial charge in [-0.2, -0.15) is 40.4 Å². The molecule has 15 heteroatoms. The molecule has 2 rings (SSSR count). The highest BCUT2D eigenvalue weighted by Gasteiger charge is 2.81. The normalized spacial score (nSPS) is 14.4. The van der Waals surface area contributed by atoms with Crippen molar-refractivity contribution in [3.8, 4) is 6.07 Å². The van der Waals surface area contributed by atoms with Crippen LogP contribution in [-0.2, 0) is 5.67 Å². The molecule has 0 aliphatic heterocycles. The minimum atomic E-state index is -6.93. The Kier molecular flexibility index (Phi) is 6.80. The van der Waals surface area contributed by atoms with Gasteiger partial charge in [-0.05, 0) is 30.3 Å². The molecule has 0 heterocycles. The van der Waals surface area contributed by atoms with E-state index < -0.39 is 51.1 Å². The van der Waals surface area contributed by atoms with Gasteiger partial charge in [-0.3, -0.25) is 4.79 Å². The molecule has 1 amide bonds. The SMILES string of the molecule is N#Cc1ccc(C(=O)Nc2c(Cl)cc(C(F)(C(F)(F)F)C(F)(F)C(F)(F)F)cc2Cl)cc1N. The summed E-state index contributed by atoms with van der Waals surface area (Å²) in [7, 11) is 0. The van der Waals surface area contributed by atoms with E-state index in [1.165, 1.54) is 0 Å². The Morgan fingerprint density at radius 1 is 0.909 bits per heavy atom. The molecule has 0 saturated carbocycles. The fourth-order valence-electron chi connectivity index (χ4n) is 2.60. The van der Waals surface area contributed by atoms with Gasteiger partial charge in [0.05, 0.1) is 27.0 Å². The summed E-state index contributed by atoms with van der Waals surface area (Å²) in [6.45, 7) is 0. The zero-order valence-corrected chi connectivity index (χ0v) is 17.0. The van der Waals surface area contributed by atoms with Crippen molar-refractivity contribution in [3.63, 3.8) is 0 Å². The molecular formula is C18H8Cl2F9N3O. The number of amides is 1. The number of benzene rings is 2. The largest absolute Gasteiger partial charge is 0.457 e. The average Bonchev–Trinajstić information content (AvgIpc) is 2.67. The molecule has 0 saturated heterocycles. The molecule has 0 fully saturated rings. The van der Waals surface area contributed by atoms with Crippen molar-refractivity contribution in [1.82, 2.24) is 0 Å². The van der Waals surface area contributed by atoms with Crippen molar-refractivity contribution < 1.29 is 44.3 Å². The molecular weight excluding hydrogens is 516 g/mol. The summed E-state index contributed by atoms with van der Waals surface area (Å²) < 4.78 is 119. The van der Waals surface area contributed by atoms with Crippen molar-refractivity contribution in [2.45, 2.75) is 23.9 Å². The second-order valence-electron chi connectivity index (χ2n) is 6.41. The monoisotopic (exact) mass is 523 g/mol. The zero-order chi connectivity index (χ0) is 25.6. The van der Waals surface area contributed by atoms with E-state index in [1.807, 2.05) is 5.32 Å². The molecule has 0 aromatic heterocycles. The predicted octanol–water partition coefficient (Wildman–Crippen LogP) is 6.62. The van der Waals surface area contributed by atoms with E-state index in [0.717, 1.165) is 18.2 Å². The fraction of sp³-hybridized carbons (Fsp3) is 0.222. The molecule has 2 aromatic carbocycles. The lowest BCUT2D eigenvalue weighted by molar-refractivity contribution is -0.389. The third-order valence-electron chi connectivity index (χ3n) is 4.29. The summed E-state index contributed by atoms with van der Waals surface area (Å²) in [5, 5.41) is 8.66. The number of alkyl halides is 9. The van der Waals surface area contributed by atoms with Gasteiger partial charge in [-0.25, -0.2) is 4.39 Å². The van der Waals surface area contributed by atoms with Gasteiger partial charge in [0.15, 0.2) is 0 Å². The van der Waals surface area contributed by atoms with Crippen molar-refractivity contribution in [2.24, 2.45) is 0 Å². The molecule has 4 nitrogen and oxygen atoms in total. The van der Waals surface area contributed by atoms with Crippen LogP contribution in [0, 0.1) is 11.3 Å². The number of nitrogen functional groups attached to an aromatic ring is 1. The predicted molar refractivity (Wildman–Crippen MR) is 99.8 cm³/mol. The van der Waals surface area contributed by atoms with Crippen LogP contribution in [0.2, 0.25) is 10.0 Å². The first-order chi connectivity index (χ1) is 14.9. The molecule has 33 heavy (non-hydrogen) atoms. The highest BCUT2D eigenvalue weighted by Crippen LogP contribution is 2.59. The molecule has 0 radical (unpaired) electrons. The number of rotatable bonds is 4. The molecule has 0 bridgehead atoms. The van der Waals surface area contributed by atoms with Gasteiger partial charge in [-0.1, -0.05) is 23.2 Å². The van der Waals surface area contributed by atoms with Gasteiger partial charge >= 0.3 is 23.9 Å². The van der Waals surface area contributed by atoms with Gasteiger partial charge in [0, 0.05) is 11.1 Å². The molecule has 0 aliphatic rings. The lowest BCUT2D eigenvalue weighted by Gasteiger charge is -2.36. The third kappa shape index (κ3) is 4.49. The summed E-state index contributed by atoms with van der Waals surface area (Å²) in [6.07, 6.45) is -13.7. The molecule has 178 valence electrons. The Balaban J connectivity index is 2.56. The summed E-state index contributed by atoms with van der Waals surface area (Å²) >= 11 is 11.3. The van der Waals surface area contributed by atoms with E-state index in [1.54, 1.807) is 6.07 Å². The molecule has 3 N–H and O–H groups in total. The van der Waals surface area contributed by atoms with E-state index in [4.69, 9.17) is 34.2 Å². The number of halogens is 11. The van der Waals surface area contributed by atoms with Crippen LogP contribution in [-0.4, -0.2) is 24.2 Å². The number of nitriles is 1. The lowest BCUT2D eigenvalue weighted by atomic mass is 9.87. The van der Waals surface area contributed by atoms with E-state index in [9.17, 15) is 44.3 Å². The van der Waals surface area contributed by atoms with Gasteiger partial charge in [0.2, 0.25) is 0 Å². The quantitative estimate of drug-likeness (QED) is 0.349. The van der Waals surface area contributed by atoms with Crippen LogP contribution < -0.4 is 11.1 Å². The van der Waals surface area contributed by atoms with E-state index >= 15 is 0 Å². The summed E-state index contributed by atoms with van der Waals surface area (Å²) in [5.74, 6) is -7.97. The minimum Gasteiger partial charge on any atom is -0.398 e. The average molecular weight is 524 g/mol. The van der Waals surface area contributed by atoms with Crippen LogP contribution in [0.5, 0.6) is 0 Å². The third-order valence-corrected chi connectivity index (χ3v) is 4.89. The molecule has 1 atom stereocenters. The Morgan fingerprint density at radius 2 is 1.42 bits per heavy atom. The highest BCUT2D eigenvalue weighted by atomic mass is 35.5. The number of carbonyl (C=O) groups is 1. The molecule has 0 aliphatic carbocycles. The van der Waals surface area contributed by atoms with Crippen LogP contribution in [0.25, 0.3) is 0 Å². The molecule has 2 aromatic rings. The van der Waals surface area contributed by atoms with Crippen LogP contribution in [0.4, 0.5) is 50.9 Å². The van der Waals surface area contributed by atoms with Gasteiger partial charge in [0.25, 0.3) is 5.91 Å². The number of nitrogens with zero attached hydrogens (tertiary/aromatic N) is 1. The maximum Gasteiger partial charge on any atom is 0.457 e. The highest BCUT2D eigenvalue weighted by molar-refractivity contribution is 6.40. The van der Waals surface area contributed by atoms with E-state index in [0.29, 0.717) is 0 Å². The van der Waals surface area contributed by atoms with Crippen molar-refractivity contribution >= 4 is 40.5 Å². The van der Waals surface area contributed by atoms with Gasteiger partial charge < -0.3 is 11.1 Å². The first-order valence-electron chi connectivity index (χ1n) is 8.19. The van der Waals surface area contributed by atoms with E-state index in [2.05, 4.69) is 0 Å². The van der Waals surface area contributed by atoms with Crippen molar-refractivity contribution in [3.05, 3.63) is 57.1 Å². The number of carbonyl (C=O) groups excluding carboxylic acids is 1. The van der Waals surface area contributed by atoms with Crippen molar-refractivity contribution in [2.75, 3.05) is 11.1 Å². The van der Waals surface area contributed by atoms with Crippen LogP contribution >= 0.6 is 23.2 Å². The second-order valence-corrected chi connectivity index (χ2v) is 7.23. The number of hydrogen-bond acceptors (Lipinski definition) is 3. The fourth-order valence-corrected chi connectivity index (χ4v) is 3.18. The van der Waals surface area contributed by atoms with Crippen LogP contribution in [0.15, 0.2) is 30.3 Å². The topological polar surface area (TPSA) is 78.9 Å². The number of anilines is 2. The Hall–Kier alpha value is -2.85. The smallest absolute Gasteiger partial charge is 0.398 e. The zero-order valence-electron chi connectivity index (χ0n) is 15.5. The number of nitrogens with one attached hydrogen (secondary N) is 1. The summed E-state index contributed by atoms with van der Waals surface area (Å²) in [5.41, 5.74) is -4.00. The Bertz CT molecular complexity index is 1120. The number of hydrogen-bond donors (Lipinski definition) is 2. The van der Waals surface area contributed by atoms with Crippen LogP contribution in [0.3, 0.4) is 0 Å². The van der Waals surface area contributed by atoms with Gasteiger partial charge in [0.1, 0.15) is 6.07 Å². The second kappa shape index (κ2) is 8.49. The Morgan fingerprint density at radius 3 is 1.82 bits per heavy atom. The van der Waals surface area contributed by atoms with E-state index in [-0.39, 0.29) is 28.9 Å². The number of nitrogens with two attached hydrogens (primary N) is 1. The van der Waals surface area contributed by atoms with Crippen LogP contribution in [0.1, 0.15) is 21.5 Å². The molecule has 1 unspecified atom stereocenters. The Labute approximate surface area is 188 Å². The maximum absolute atomic E-state index is 14.6. The molecule has 0 spiro atoms. The first kappa shape index (κ1) is 26.4. The van der Waals surface area contributed by atoms with Crippen molar-refractivity contribution in [1.29, 1.82) is 5.26 Å². The summed E-state index contributed by atoms with van der Waals surface area (Å²) in [4.78, 5) is 12.3. The standard InChI is InChI=1S/C18H8Cl2F9N3O/c19-10-4-9(15(21,17(24,25)26)16(22,23)18(27,28)29)5-11(20)13(10)32-14(33)7-1-2-8(6-30)12(31)3-7/h1-5H,31H2,(H,32,33). The maximum atomic E-state index is 14.6.